The summed E-state index contributed by atoms with van der Waals surface area (Å²) in [5.41, 5.74) is 4.12. The number of aromatic amines is 1. The highest BCUT2D eigenvalue weighted by Gasteiger charge is 2.24. The first-order chi connectivity index (χ1) is 14.1. The van der Waals surface area contributed by atoms with Gasteiger partial charge >= 0.3 is 6.03 Å². The van der Waals surface area contributed by atoms with Gasteiger partial charge in [0.1, 0.15) is 0 Å². The Morgan fingerprint density at radius 2 is 1.83 bits per heavy atom. The van der Waals surface area contributed by atoms with E-state index in [4.69, 9.17) is 0 Å². The molecule has 0 aliphatic carbocycles. The molecule has 1 aliphatic rings. The van der Waals surface area contributed by atoms with Gasteiger partial charge in [0.25, 0.3) is 0 Å². The van der Waals surface area contributed by atoms with E-state index in [9.17, 15) is 14.7 Å². The van der Waals surface area contributed by atoms with E-state index in [2.05, 4.69) is 21.7 Å². The molecule has 1 aromatic heterocycles. The summed E-state index contributed by atoms with van der Waals surface area (Å²) >= 11 is 0. The zero-order valence-corrected chi connectivity index (χ0v) is 16.0. The maximum Gasteiger partial charge on any atom is 0.318 e. The Labute approximate surface area is 168 Å². The number of benzene rings is 2. The molecule has 0 bridgehead atoms. The molecule has 3 amide bonds. The lowest BCUT2D eigenvalue weighted by Crippen LogP contribution is -2.46. The van der Waals surface area contributed by atoms with E-state index in [1.165, 1.54) is 10.9 Å². The van der Waals surface area contributed by atoms with Crippen LogP contribution in [0.3, 0.4) is 0 Å². The first-order valence-electron chi connectivity index (χ1n) is 9.73. The first kappa shape index (κ1) is 19.0. The summed E-state index contributed by atoms with van der Waals surface area (Å²) in [5.74, 6) is -0.336. The second-order valence-corrected chi connectivity index (χ2v) is 7.19. The average molecular weight is 392 g/mol. The molecule has 0 fully saturated rings. The number of urea groups is 1. The molecule has 1 atom stereocenters. The number of rotatable bonds is 5. The van der Waals surface area contributed by atoms with Crippen LogP contribution in [0.15, 0.2) is 54.6 Å². The number of carbonyl (C=O) groups is 2. The van der Waals surface area contributed by atoms with Crippen molar-refractivity contribution in [3.05, 3.63) is 71.4 Å². The van der Waals surface area contributed by atoms with Gasteiger partial charge in [-0.3, -0.25) is 4.79 Å². The standard InChI is InChI=1S/C22H24N4O3/c27-20(15-6-2-1-3-7-15)12-23-21(28)13-24-22(29)26-11-10-17-16-8-4-5-9-18(16)25-19(17)14-26/h1-9,20,25,27H,10-14H2,(H,23,28)(H,24,29)/t20-/m1/s1. The third-order valence-electron chi connectivity index (χ3n) is 5.25. The molecule has 29 heavy (non-hydrogen) atoms. The van der Waals surface area contributed by atoms with Gasteiger partial charge in [-0.05, 0) is 23.6 Å². The quantitative estimate of drug-likeness (QED) is 0.535. The van der Waals surface area contributed by atoms with Crippen LogP contribution >= 0.6 is 0 Å². The second kappa shape index (κ2) is 8.36. The number of carbonyl (C=O) groups excluding carboxylic acids is 2. The Bertz CT molecular complexity index is 1020. The molecule has 2 aromatic carbocycles. The van der Waals surface area contributed by atoms with E-state index in [1.807, 2.05) is 36.4 Å². The maximum absolute atomic E-state index is 12.5. The van der Waals surface area contributed by atoms with E-state index < -0.39 is 6.10 Å². The van der Waals surface area contributed by atoms with Crippen LogP contribution in [-0.4, -0.2) is 46.6 Å². The number of hydrogen-bond donors (Lipinski definition) is 4. The molecule has 7 nitrogen and oxygen atoms in total. The van der Waals surface area contributed by atoms with Crippen LogP contribution in [-0.2, 0) is 17.8 Å². The Hall–Kier alpha value is -3.32. The van der Waals surface area contributed by atoms with E-state index in [0.717, 1.165) is 23.2 Å². The van der Waals surface area contributed by atoms with Gasteiger partial charge in [-0.15, -0.1) is 0 Å². The molecule has 0 radical (unpaired) electrons. The Kier molecular flexibility index (Phi) is 5.48. The number of aromatic nitrogens is 1. The first-order valence-corrected chi connectivity index (χ1v) is 9.73. The fourth-order valence-corrected chi connectivity index (χ4v) is 3.70. The summed E-state index contributed by atoms with van der Waals surface area (Å²) in [4.78, 5) is 29.6. The smallest absolute Gasteiger partial charge is 0.318 e. The molecule has 4 rings (SSSR count). The molecule has 2 heterocycles. The van der Waals surface area contributed by atoms with E-state index >= 15 is 0 Å². The summed E-state index contributed by atoms with van der Waals surface area (Å²) in [6.07, 6.45) is 0.000711. The van der Waals surface area contributed by atoms with E-state index in [1.54, 1.807) is 17.0 Å². The molecule has 0 saturated carbocycles. The summed E-state index contributed by atoms with van der Waals surface area (Å²) in [5, 5.41) is 16.6. The maximum atomic E-state index is 12.5. The van der Waals surface area contributed by atoms with Gasteiger partial charge in [-0.25, -0.2) is 4.79 Å². The molecule has 0 spiro atoms. The molecule has 0 unspecified atom stereocenters. The molecule has 7 heteroatoms. The third-order valence-corrected chi connectivity index (χ3v) is 5.25. The third kappa shape index (κ3) is 4.25. The zero-order chi connectivity index (χ0) is 20.2. The largest absolute Gasteiger partial charge is 0.387 e. The number of nitrogens with one attached hydrogen (secondary N) is 3. The normalized spacial score (nSPS) is 14.3. The molecule has 0 saturated heterocycles. The van der Waals surface area contributed by atoms with Crippen LogP contribution < -0.4 is 10.6 Å². The predicted molar refractivity (Wildman–Crippen MR) is 110 cm³/mol. The Morgan fingerprint density at radius 3 is 2.66 bits per heavy atom. The monoisotopic (exact) mass is 392 g/mol. The van der Waals surface area contributed by atoms with Crippen molar-refractivity contribution < 1.29 is 14.7 Å². The van der Waals surface area contributed by atoms with Crippen LogP contribution in [0.1, 0.15) is 22.9 Å². The number of para-hydroxylation sites is 1. The summed E-state index contributed by atoms with van der Waals surface area (Å²) < 4.78 is 0. The van der Waals surface area contributed by atoms with Crippen molar-refractivity contribution in [3.63, 3.8) is 0 Å². The van der Waals surface area contributed by atoms with Gasteiger partial charge in [0.2, 0.25) is 5.91 Å². The fourth-order valence-electron chi connectivity index (χ4n) is 3.70. The fraction of sp³-hybridized carbons (Fsp3) is 0.273. The summed E-state index contributed by atoms with van der Waals surface area (Å²) in [6.45, 7) is 1.07. The lowest BCUT2D eigenvalue weighted by Gasteiger charge is -2.27. The van der Waals surface area contributed by atoms with Crippen LogP contribution in [0.5, 0.6) is 0 Å². The number of H-pyrrole nitrogens is 1. The molecule has 4 N–H and O–H groups in total. The molecule has 150 valence electrons. The van der Waals surface area contributed by atoms with Crippen molar-refractivity contribution >= 4 is 22.8 Å². The topological polar surface area (TPSA) is 97.5 Å². The van der Waals surface area contributed by atoms with Crippen molar-refractivity contribution in [1.82, 2.24) is 20.5 Å². The molecular weight excluding hydrogens is 368 g/mol. The number of hydrogen-bond acceptors (Lipinski definition) is 3. The van der Waals surface area contributed by atoms with Crippen LogP contribution in [0.2, 0.25) is 0 Å². The highest BCUT2D eigenvalue weighted by atomic mass is 16.3. The van der Waals surface area contributed by atoms with Crippen molar-refractivity contribution in [1.29, 1.82) is 0 Å². The van der Waals surface area contributed by atoms with Gasteiger partial charge in [0.15, 0.2) is 0 Å². The Balaban J connectivity index is 1.26. The molecule has 3 aromatic rings. The minimum Gasteiger partial charge on any atom is -0.387 e. The van der Waals surface area contributed by atoms with Crippen LogP contribution in [0.25, 0.3) is 10.9 Å². The van der Waals surface area contributed by atoms with E-state index in [0.29, 0.717) is 13.1 Å². The summed E-state index contributed by atoms with van der Waals surface area (Å²) in [7, 11) is 0. The van der Waals surface area contributed by atoms with Gasteiger partial charge in [0, 0.05) is 29.7 Å². The number of nitrogens with zero attached hydrogens (tertiary/aromatic N) is 1. The number of aliphatic hydroxyl groups is 1. The lowest BCUT2D eigenvalue weighted by atomic mass is 10.0. The van der Waals surface area contributed by atoms with Gasteiger partial charge in [-0.2, -0.15) is 0 Å². The van der Waals surface area contributed by atoms with Crippen LogP contribution in [0, 0.1) is 0 Å². The van der Waals surface area contributed by atoms with Crippen molar-refractivity contribution in [2.24, 2.45) is 0 Å². The average Bonchev–Trinajstić information content (AvgIpc) is 3.14. The van der Waals surface area contributed by atoms with Gasteiger partial charge in [0.05, 0.1) is 19.2 Å². The highest BCUT2D eigenvalue weighted by molar-refractivity contribution is 5.86. The number of amides is 3. The lowest BCUT2D eigenvalue weighted by molar-refractivity contribution is -0.120. The van der Waals surface area contributed by atoms with Crippen molar-refractivity contribution in [3.8, 4) is 0 Å². The highest BCUT2D eigenvalue weighted by Crippen LogP contribution is 2.27. The van der Waals surface area contributed by atoms with Crippen molar-refractivity contribution in [2.45, 2.75) is 19.1 Å². The van der Waals surface area contributed by atoms with Gasteiger partial charge < -0.3 is 25.6 Å². The van der Waals surface area contributed by atoms with E-state index in [-0.39, 0.29) is 25.0 Å². The van der Waals surface area contributed by atoms with Crippen molar-refractivity contribution in [2.75, 3.05) is 19.6 Å². The van der Waals surface area contributed by atoms with Crippen LogP contribution in [0.4, 0.5) is 4.79 Å². The minimum atomic E-state index is -0.779. The number of fused-ring (bicyclic) bond motifs is 3. The number of aliphatic hydroxyl groups excluding tert-OH is 1. The second-order valence-electron chi connectivity index (χ2n) is 7.19. The Morgan fingerprint density at radius 1 is 1.07 bits per heavy atom. The molecule has 1 aliphatic heterocycles. The SMILES string of the molecule is O=C(CNC(=O)N1CCc2c([nH]c3ccccc23)C1)NC[C@@H](O)c1ccccc1. The molecular formula is C22H24N4O3. The summed E-state index contributed by atoms with van der Waals surface area (Å²) in [6, 6.07) is 17.0. The predicted octanol–water partition coefficient (Wildman–Crippen LogP) is 2.09. The zero-order valence-electron chi connectivity index (χ0n) is 16.0. The minimum absolute atomic E-state index is 0.0981. The van der Waals surface area contributed by atoms with Gasteiger partial charge in [-0.1, -0.05) is 48.5 Å².